The maximum Gasteiger partial charge on any atom is 0.284 e. The van der Waals surface area contributed by atoms with E-state index < -0.39 is 0 Å². The van der Waals surface area contributed by atoms with Crippen molar-refractivity contribution in [1.29, 1.82) is 0 Å². The SMILES string of the molecule is COc1ccc(C(=O)Sc2nnc(-c3ccccc3Cl)o2)c(OC)c1. The van der Waals surface area contributed by atoms with E-state index in [0.29, 0.717) is 27.6 Å². The van der Waals surface area contributed by atoms with Crippen LogP contribution in [0, 0.1) is 0 Å². The van der Waals surface area contributed by atoms with Gasteiger partial charge in [0.25, 0.3) is 5.22 Å². The Kier molecular flexibility index (Phi) is 5.25. The molecule has 0 saturated heterocycles. The molecule has 0 amide bonds. The van der Waals surface area contributed by atoms with Gasteiger partial charge in [-0.2, -0.15) is 0 Å². The van der Waals surface area contributed by atoms with Gasteiger partial charge < -0.3 is 13.9 Å². The minimum atomic E-state index is -0.283. The molecular weight excluding hydrogens is 364 g/mol. The number of methoxy groups -OCH3 is 2. The van der Waals surface area contributed by atoms with E-state index in [9.17, 15) is 4.79 Å². The molecule has 0 radical (unpaired) electrons. The van der Waals surface area contributed by atoms with Gasteiger partial charge in [-0.25, -0.2) is 0 Å². The summed E-state index contributed by atoms with van der Waals surface area (Å²) in [6.07, 6.45) is 0. The molecule has 0 spiro atoms. The maximum atomic E-state index is 12.5. The van der Waals surface area contributed by atoms with Crippen molar-refractivity contribution in [3.63, 3.8) is 0 Å². The first-order chi connectivity index (χ1) is 12.1. The monoisotopic (exact) mass is 376 g/mol. The Bertz CT molecular complexity index is 913. The minimum absolute atomic E-state index is 0.123. The second-order valence-electron chi connectivity index (χ2n) is 4.81. The van der Waals surface area contributed by atoms with Gasteiger partial charge in [-0.1, -0.05) is 23.7 Å². The molecule has 0 unspecified atom stereocenters. The molecular formula is C17H13ClN2O4S. The summed E-state index contributed by atoms with van der Waals surface area (Å²) < 4.78 is 15.9. The fourth-order valence-corrected chi connectivity index (χ4v) is 2.95. The zero-order chi connectivity index (χ0) is 17.8. The molecule has 2 aromatic carbocycles. The Morgan fingerprint density at radius 2 is 1.92 bits per heavy atom. The fourth-order valence-electron chi connectivity index (χ4n) is 2.10. The number of benzene rings is 2. The molecule has 0 aliphatic heterocycles. The average Bonchev–Trinajstić information content (AvgIpc) is 3.09. The van der Waals surface area contributed by atoms with Crippen LogP contribution in [0.25, 0.3) is 11.5 Å². The highest BCUT2D eigenvalue weighted by molar-refractivity contribution is 8.14. The van der Waals surface area contributed by atoms with E-state index in [-0.39, 0.29) is 16.2 Å². The summed E-state index contributed by atoms with van der Waals surface area (Å²) >= 11 is 6.93. The highest BCUT2D eigenvalue weighted by Gasteiger charge is 2.19. The number of aromatic nitrogens is 2. The molecule has 0 atom stereocenters. The Hall–Kier alpha value is -2.51. The van der Waals surface area contributed by atoms with Crippen molar-refractivity contribution in [3.8, 4) is 23.0 Å². The molecule has 1 aromatic heterocycles. The molecule has 1 heterocycles. The molecule has 128 valence electrons. The first kappa shape index (κ1) is 17.3. The molecule has 0 saturated carbocycles. The number of thioether (sulfide) groups is 1. The van der Waals surface area contributed by atoms with Crippen LogP contribution in [0.3, 0.4) is 0 Å². The lowest BCUT2D eigenvalue weighted by molar-refractivity contribution is 0.108. The van der Waals surface area contributed by atoms with E-state index in [1.807, 2.05) is 6.07 Å². The van der Waals surface area contributed by atoms with E-state index >= 15 is 0 Å². The van der Waals surface area contributed by atoms with Crippen LogP contribution in [-0.4, -0.2) is 29.5 Å². The van der Waals surface area contributed by atoms with Gasteiger partial charge in [-0.05, 0) is 24.3 Å². The summed E-state index contributed by atoms with van der Waals surface area (Å²) in [4.78, 5) is 12.5. The van der Waals surface area contributed by atoms with Gasteiger partial charge in [-0.3, -0.25) is 4.79 Å². The molecule has 0 N–H and O–H groups in total. The fraction of sp³-hybridized carbons (Fsp3) is 0.118. The molecule has 8 heteroatoms. The number of carbonyl (C=O) groups is 1. The van der Waals surface area contributed by atoms with Gasteiger partial charge in [0.1, 0.15) is 11.5 Å². The number of nitrogens with zero attached hydrogens (tertiary/aromatic N) is 2. The van der Waals surface area contributed by atoms with Crippen molar-refractivity contribution >= 4 is 28.5 Å². The van der Waals surface area contributed by atoms with Gasteiger partial charge >= 0.3 is 0 Å². The lowest BCUT2D eigenvalue weighted by atomic mass is 10.2. The summed E-state index contributed by atoms with van der Waals surface area (Å²) in [5.74, 6) is 1.25. The van der Waals surface area contributed by atoms with Crippen molar-refractivity contribution < 1.29 is 18.7 Å². The quantitative estimate of drug-likeness (QED) is 0.613. The van der Waals surface area contributed by atoms with Crippen LogP contribution in [0.15, 0.2) is 52.1 Å². The van der Waals surface area contributed by atoms with Crippen LogP contribution < -0.4 is 9.47 Å². The topological polar surface area (TPSA) is 74.5 Å². The van der Waals surface area contributed by atoms with Crippen LogP contribution in [-0.2, 0) is 0 Å². The van der Waals surface area contributed by atoms with Gasteiger partial charge in [0.05, 0.1) is 30.4 Å². The summed E-state index contributed by atoms with van der Waals surface area (Å²) in [5, 5.41) is 8.16. The van der Waals surface area contributed by atoms with Gasteiger partial charge in [-0.15, -0.1) is 10.2 Å². The van der Waals surface area contributed by atoms with Crippen molar-refractivity contribution in [1.82, 2.24) is 10.2 Å². The van der Waals surface area contributed by atoms with Gasteiger partial charge in [0.2, 0.25) is 11.0 Å². The van der Waals surface area contributed by atoms with E-state index in [1.165, 1.54) is 7.11 Å². The van der Waals surface area contributed by atoms with Crippen molar-refractivity contribution in [2.24, 2.45) is 0 Å². The third-order valence-electron chi connectivity index (χ3n) is 3.32. The van der Waals surface area contributed by atoms with Crippen LogP contribution in [0.1, 0.15) is 10.4 Å². The number of carbonyl (C=O) groups excluding carboxylic acids is 1. The Morgan fingerprint density at radius 3 is 2.64 bits per heavy atom. The van der Waals surface area contributed by atoms with Crippen LogP contribution in [0.4, 0.5) is 0 Å². The summed E-state index contributed by atoms with van der Waals surface area (Å²) in [6, 6.07) is 12.0. The van der Waals surface area contributed by atoms with Crippen molar-refractivity contribution in [2.45, 2.75) is 5.22 Å². The number of hydrogen-bond acceptors (Lipinski definition) is 7. The van der Waals surface area contributed by atoms with E-state index in [1.54, 1.807) is 43.5 Å². The van der Waals surface area contributed by atoms with Crippen LogP contribution in [0.5, 0.6) is 11.5 Å². The molecule has 0 fully saturated rings. The third-order valence-corrected chi connectivity index (χ3v) is 4.39. The predicted octanol–water partition coefficient (Wildman–Crippen LogP) is 4.34. The molecule has 3 aromatic rings. The molecule has 3 rings (SSSR count). The van der Waals surface area contributed by atoms with Crippen molar-refractivity contribution in [3.05, 3.63) is 53.1 Å². The zero-order valence-electron chi connectivity index (χ0n) is 13.4. The largest absolute Gasteiger partial charge is 0.497 e. The second-order valence-corrected chi connectivity index (χ2v) is 6.14. The maximum absolute atomic E-state index is 12.5. The predicted molar refractivity (Wildman–Crippen MR) is 94.5 cm³/mol. The van der Waals surface area contributed by atoms with E-state index in [4.69, 9.17) is 25.5 Å². The Balaban J connectivity index is 1.82. The van der Waals surface area contributed by atoms with Gasteiger partial charge in [0, 0.05) is 17.8 Å². The number of rotatable bonds is 5. The lowest BCUT2D eigenvalue weighted by Crippen LogP contribution is -1.99. The molecule has 0 bridgehead atoms. The summed E-state index contributed by atoms with van der Waals surface area (Å²) in [5.41, 5.74) is 0.990. The summed E-state index contributed by atoms with van der Waals surface area (Å²) in [6.45, 7) is 0. The molecule has 25 heavy (non-hydrogen) atoms. The normalized spacial score (nSPS) is 10.5. The highest BCUT2D eigenvalue weighted by Crippen LogP contribution is 2.32. The molecule has 0 aliphatic carbocycles. The standard InChI is InChI=1S/C17H13ClN2O4S/c1-22-10-7-8-12(14(9-10)23-2)16(21)25-17-20-19-15(24-17)11-5-3-4-6-13(11)18/h3-9H,1-2H3. The number of ether oxygens (including phenoxy) is 2. The highest BCUT2D eigenvalue weighted by atomic mass is 35.5. The minimum Gasteiger partial charge on any atom is -0.497 e. The number of halogens is 1. The summed E-state index contributed by atoms with van der Waals surface area (Å²) in [7, 11) is 3.03. The third kappa shape index (κ3) is 3.78. The van der Waals surface area contributed by atoms with Crippen LogP contribution >= 0.6 is 23.4 Å². The van der Waals surface area contributed by atoms with Crippen LogP contribution in [0.2, 0.25) is 5.02 Å². The first-order valence-corrected chi connectivity index (χ1v) is 8.34. The number of hydrogen-bond donors (Lipinski definition) is 0. The zero-order valence-corrected chi connectivity index (χ0v) is 14.9. The van der Waals surface area contributed by atoms with E-state index in [0.717, 1.165) is 11.8 Å². The average molecular weight is 377 g/mol. The lowest BCUT2D eigenvalue weighted by Gasteiger charge is -2.08. The smallest absolute Gasteiger partial charge is 0.284 e. The second kappa shape index (κ2) is 7.58. The van der Waals surface area contributed by atoms with Crippen molar-refractivity contribution in [2.75, 3.05) is 14.2 Å². The van der Waals surface area contributed by atoms with Gasteiger partial charge in [0.15, 0.2) is 0 Å². The Labute approximate surface area is 153 Å². The Morgan fingerprint density at radius 1 is 1.12 bits per heavy atom. The molecule has 6 nitrogen and oxygen atoms in total. The van der Waals surface area contributed by atoms with E-state index in [2.05, 4.69) is 10.2 Å². The first-order valence-electron chi connectivity index (χ1n) is 7.15. The molecule has 0 aliphatic rings.